The van der Waals surface area contributed by atoms with Crippen molar-refractivity contribution >= 4 is 162 Å². The van der Waals surface area contributed by atoms with Crippen LogP contribution < -0.4 is 9.80 Å². The van der Waals surface area contributed by atoms with Gasteiger partial charge in [-0.3, -0.25) is 0 Å². The molecule has 4 aliphatic carbocycles. The number of thiophene rings is 2. The summed E-state index contributed by atoms with van der Waals surface area (Å²) in [7, 11) is 0. The van der Waals surface area contributed by atoms with Gasteiger partial charge in [0.1, 0.15) is 0 Å². The van der Waals surface area contributed by atoms with Gasteiger partial charge in [-0.2, -0.15) is 0 Å². The molecule has 1 atom stereocenters. The number of hydrogen-bond acceptors (Lipinski definition) is 4. The predicted octanol–water partition coefficient (Wildman–Crippen LogP) is 35.6. The second-order valence-electron chi connectivity index (χ2n) is 36.2. The molecule has 0 saturated heterocycles. The van der Waals surface area contributed by atoms with E-state index in [1.54, 1.807) is 0 Å². The molecule has 2 spiro atoms. The second-order valence-corrected chi connectivity index (χ2v) is 38.3. The number of para-hydroxylation sites is 1. The second kappa shape index (κ2) is 28.1. The van der Waals surface area contributed by atoms with E-state index < -0.39 is 10.8 Å². The van der Waals surface area contributed by atoms with Crippen LogP contribution in [0.15, 0.2) is 461 Å². The lowest BCUT2D eigenvalue weighted by molar-refractivity contribution is 0.793. The van der Waals surface area contributed by atoms with Crippen LogP contribution in [0.5, 0.6) is 0 Å². The zero-order chi connectivity index (χ0) is 86.2. The summed E-state index contributed by atoms with van der Waals surface area (Å²) >= 11 is 3.75. The van der Waals surface area contributed by atoms with Crippen LogP contribution in [0, 0.1) is 0 Å². The molecule has 0 bridgehead atoms. The summed E-state index contributed by atoms with van der Waals surface area (Å²) in [6, 6.07) is 176. The highest BCUT2D eigenvalue weighted by Crippen LogP contribution is 2.69. The van der Waals surface area contributed by atoms with Crippen LogP contribution in [0.4, 0.5) is 34.1 Å². The number of rotatable bonds is 10. The van der Waals surface area contributed by atoms with Gasteiger partial charge in [-0.15, -0.1) is 22.7 Å². The summed E-state index contributed by atoms with van der Waals surface area (Å²) in [6.07, 6.45) is 0. The molecule has 2 aromatic heterocycles. The first-order chi connectivity index (χ1) is 65.5. The van der Waals surface area contributed by atoms with Gasteiger partial charge >= 0.3 is 0 Å². The highest BCUT2D eigenvalue weighted by Gasteiger charge is 2.55. The molecule has 23 aromatic carbocycles. The summed E-state index contributed by atoms with van der Waals surface area (Å²) in [5, 5.41) is 20.0. The minimum absolute atomic E-state index is 0.618. The van der Waals surface area contributed by atoms with E-state index in [1.165, 1.54) is 222 Å². The maximum atomic E-state index is 2.62. The average Bonchev–Trinajstić information content (AvgIpc) is 1.50. The van der Waals surface area contributed by atoms with E-state index >= 15 is 0 Å². The Kier molecular flexibility index (Phi) is 15.7. The molecule has 0 radical (unpaired) electrons. The smallest absolute Gasteiger partial charge is 0.0746 e. The topological polar surface area (TPSA) is 6.48 Å². The molecular formula is C128H76N2S2. The summed E-state index contributed by atoms with van der Waals surface area (Å²) < 4.78 is 5.14. The van der Waals surface area contributed by atoms with Crippen LogP contribution in [0.25, 0.3) is 194 Å². The van der Waals surface area contributed by atoms with E-state index in [0.29, 0.717) is 0 Å². The van der Waals surface area contributed by atoms with Crippen molar-refractivity contribution in [3.63, 3.8) is 0 Å². The molecule has 29 rings (SSSR count). The quantitative estimate of drug-likeness (QED) is 0.126. The SMILES string of the molecule is c1cc(-c2ccc(N(c3ccc4c5ccccc5c5ccccc5c4c3)c3cccc4c3C3(c5ccccc5-c5cc(-c6ccc7sc8ccc(-c9ccccc9N(c9ccc%10c%11ccccc%11c%11ccccc%11c%10c9)c9cccc%10c9C9(c%11ccccc%11-c%11ccccc%119)c9ccccc9-%10)cc8c7c6)ccc53)c3ccccc3-4)cc2)cc(-c2ccc3c(c2)sc2ccccc23)c1. The number of fused-ring (bicyclic) bond motifs is 38. The molecule has 132 heavy (non-hydrogen) atoms. The normalized spacial score (nSPS) is 14.0. The zero-order valence-electron chi connectivity index (χ0n) is 71.6. The Bertz CT molecular complexity index is 9210. The van der Waals surface area contributed by atoms with Gasteiger partial charge in [0.25, 0.3) is 0 Å². The van der Waals surface area contributed by atoms with E-state index in [1.807, 2.05) is 22.7 Å². The molecule has 0 amide bonds. The van der Waals surface area contributed by atoms with Gasteiger partial charge in [0.05, 0.1) is 27.9 Å². The molecule has 4 heteroatoms. The fourth-order valence-corrected chi connectivity index (χ4v) is 26.6. The standard InChI is InChI=1S/C128H76N2S2/c1-3-33-92-88(29-1)90-31-5-7-35-94(90)107-75-85(62-65-96(92)107)129(84-60-54-77(55-61-84)78-26-23-27-79(70-78)82-56-64-104-103-42-15-22-53-121(103)132-124(104)74-82)119-51-24-43-105-100-39-12-19-48-115(100)128(125(105)119)116-49-20-13-41-102(116)109-71-80(57-67-117(109)128)81-58-68-122-110(72-81)111-73-83(59-69-123(111)131-122)87-28-14-21-50-118(87)130(86-63-66-97-93-34-4-2-30-89(93)91-32-6-8-36-95(91)108(97)76-86)120-52-25-44-106-101-40-11-18-47-114(101)127(126(106)120)112-45-16-9-37-98(112)99-38-10-17-46-113(99)127/h1-76H. The fourth-order valence-electron chi connectivity index (χ4n) is 24.4. The van der Waals surface area contributed by atoms with E-state index in [4.69, 9.17) is 0 Å². The third kappa shape index (κ3) is 10.3. The number of benzene rings is 23. The lowest BCUT2D eigenvalue weighted by Gasteiger charge is -2.36. The van der Waals surface area contributed by atoms with Crippen molar-refractivity contribution in [2.45, 2.75) is 10.8 Å². The van der Waals surface area contributed by atoms with E-state index in [0.717, 1.165) is 50.8 Å². The number of hydrogen-bond donors (Lipinski definition) is 0. The third-order valence-electron chi connectivity index (χ3n) is 29.8. The predicted molar refractivity (Wildman–Crippen MR) is 561 cm³/mol. The van der Waals surface area contributed by atoms with Crippen molar-refractivity contribution in [1.29, 1.82) is 0 Å². The Hall–Kier alpha value is -16.3. The zero-order valence-corrected chi connectivity index (χ0v) is 73.2. The van der Waals surface area contributed by atoms with E-state index in [-0.39, 0.29) is 0 Å². The van der Waals surface area contributed by atoms with Gasteiger partial charge in [0, 0.05) is 74.1 Å². The third-order valence-corrected chi connectivity index (χ3v) is 32.1. The molecule has 0 fully saturated rings. The Labute approximate surface area is 771 Å². The molecule has 25 aromatic rings. The van der Waals surface area contributed by atoms with Crippen LogP contribution in [-0.4, -0.2) is 0 Å². The van der Waals surface area contributed by atoms with Gasteiger partial charge in [0.2, 0.25) is 0 Å². The van der Waals surface area contributed by atoms with Crippen LogP contribution in [0.3, 0.4) is 0 Å². The Morgan fingerprint density at radius 3 is 0.992 bits per heavy atom. The first kappa shape index (κ1) is 73.7. The van der Waals surface area contributed by atoms with E-state index in [9.17, 15) is 0 Å². The maximum absolute atomic E-state index is 2.62. The van der Waals surface area contributed by atoms with Crippen LogP contribution in [-0.2, 0) is 10.8 Å². The summed E-state index contributed by atoms with van der Waals surface area (Å²) in [6.45, 7) is 0. The van der Waals surface area contributed by atoms with Gasteiger partial charge in [-0.25, -0.2) is 0 Å². The molecule has 4 aliphatic rings. The highest BCUT2D eigenvalue weighted by atomic mass is 32.1. The molecule has 610 valence electrons. The van der Waals surface area contributed by atoms with Crippen LogP contribution in [0.2, 0.25) is 0 Å². The minimum atomic E-state index is -0.710. The average molecular weight is 1710 g/mol. The fraction of sp³-hybridized carbons (Fsp3) is 0.0156. The van der Waals surface area contributed by atoms with Gasteiger partial charge in [0.15, 0.2) is 0 Å². The van der Waals surface area contributed by atoms with Gasteiger partial charge < -0.3 is 9.80 Å². The van der Waals surface area contributed by atoms with Crippen molar-refractivity contribution in [2.24, 2.45) is 0 Å². The molecular weight excluding hydrogens is 1630 g/mol. The summed E-state index contributed by atoms with van der Waals surface area (Å²) in [5.41, 5.74) is 35.2. The molecule has 0 aliphatic heterocycles. The minimum Gasteiger partial charge on any atom is -0.310 e. The van der Waals surface area contributed by atoms with Crippen molar-refractivity contribution < 1.29 is 0 Å². The maximum Gasteiger partial charge on any atom is 0.0746 e. The summed E-state index contributed by atoms with van der Waals surface area (Å²) in [5.74, 6) is 0. The van der Waals surface area contributed by atoms with Crippen molar-refractivity contribution in [1.82, 2.24) is 0 Å². The monoisotopic (exact) mass is 1700 g/mol. The Balaban J connectivity index is 0.585. The van der Waals surface area contributed by atoms with Crippen molar-refractivity contribution in [3.05, 3.63) is 506 Å². The van der Waals surface area contributed by atoms with E-state index in [2.05, 4.69) is 471 Å². The molecule has 1 unspecified atom stereocenters. The molecule has 0 saturated carbocycles. The lowest BCUT2D eigenvalue weighted by atomic mass is 9.69. The van der Waals surface area contributed by atoms with Gasteiger partial charge in [-0.1, -0.05) is 358 Å². The summed E-state index contributed by atoms with van der Waals surface area (Å²) in [4.78, 5) is 5.21. The Morgan fingerprint density at radius 2 is 0.455 bits per heavy atom. The number of anilines is 6. The van der Waals surface area contributed by atoms with Crippen molar-refractivity contribution in [2.75, 3.05) is 9.80 Å². The lowest BCUT2D eigenvalue weighted by Crippen LogP contribution is -2.28. The highest BCUT2D eigenvalue weighted by molar-refractivity contribution is 7.26. The van der Waals surface area contributed by atoms with Crippen LogP contribution >= 0.6 is 22.7 Å². The number of nitrogens with zero attached hydrogens (tertiary/aromatic N) is 2. The molecule has 2 heterocycles. The Morgan fingerprint density at radius 1 is 0.144 bits per heavy atom. The molecule has 0 N–H and O–H groups in total. The van der Waals surface area contributed by atoms with Crippen LogP contribution in [0.1, 0.15) is 44.5 Å². The van der Waals surface area contributed by atoms with Crippen molar-refractivity contribution in [3.8, 4) is 89.0 Å². The first-order valence-corrected chi connectivity index (χ1v) is 47.5. The largest absolute Gasteiger partial charge is 0.310 e. The first-order valence-electron chi connectivity index (χ1n) is 45.8. The molecule has 2 nitrogen and oxygen atoms in total. The van der Waals surface area contributed by atoms with Gasteiger partial charge in [-0.05, 0) is 285 Å².